The highest BCUT2D eigenvalue weighted by molar-refractivity contribution is 4.50. The van der Waals surface area contributed by atoms with Crippen molar-refractivity contribution in [2.75, 3.05) is 19.8 Å². The average Bonchev–Trinajstić information content (AvgIpc) is 2.39. The summed E-state index contributed by atoms with van der Waals surface area (Å²) in [6.07, 6.45) is 7.26. The van der Waals surface area contributed by atoms with Crippen LogP contribution in [0.5, 0.6) is 0 Å². The van der Waals surface area contributed by atoms with Crippen LogP contribution in [0, 0.1) is 5.92 Å². The van der Waals surface area contributed by atoms with Gasteiger partial charge in [0.15, 0.2) is 0 Å². The Kier molecular flexibility index (Phi) is 12.7. The predicted octanol–water partition coefficient (Wildman–Crippen LogP) is 3.42. The fourth-order valence-electron chi connectivity index (χ4n) is 1.94. The quantitative estimate of drug-likeness (QED) is 0.307. The highest BCUT2D eigenvalue weighted by atomic mass is 16.5. The van der Waals surface area contributed by atoms with E-state index < -0.39 is 6.23 Å². The summed E-state index contributed by atoms with van der Waals surface area (Å²) >= 11 is 0. The highest BCUT2D eigenvalue weighted by Gasteiger charge is 2.09. The van der Waals surface area contributed by atoms with E-state index in [4.69, 9.17) is 4.74 Å². The second-order valence-corrected chi connectivity index (χ2v) is 5.59. The van der Waals surface area contributed by atoms with E-state index in [0.717, 1.165) is 24.0 Å². The summed E-state index contributed by atoms with van der Waals surface area (Å²) in [7, 11) is 0. The number of nitrogens with zero attached hydrogens (tertiary/aromatic N) is 1. The molecule has 0 saturated carbocycles. The van der Waals surface area contributed by atoms with Crippen LogP contribution in [-0.4, -0.2) is 41.4 Å². The Hall–Kier alpha value is -0.160. The molecule has 1 unspecified atom stereocenters. The number of hydrogen-bond donors (Lipinski definition) is 2. The predicted molar refractivity (Wildman–Crippen MR) is 78.1 cm³/mol. The van der Waals surface area contributed by atoms with Gasteiger partial charge in [0.05, 0.1) is 6.61 Å². The van der Waals surface area contributed by atoms with Gasteiger partial charge in [-0.1, -0.05) is 46.0 Å². The van der Waals surface area contributed by atoms with Gasteiger partial charge in [-0.05, 0) is 19.3 Å². The van der Waals surface area contributed by atoms with E-state index >= 15 is 0 Å². The topological polar surface area (TPSA) is 52.9 Å². The summed E-state index contributed by atoms with van der Waals surface area (Å²) in [5.74, 6) is 0.823. The van der Waals surface area contributed by atoms with Crippen molar-refractivity contribution < 1.29 is 15.1 Å². The number of rotatable bonds is 13. The molecule has 0 heterocycles. The molecule has 0 aromatic heterocycles. The first-order chi connectivity index (χ1) is 9.07. The zero-order chi connectivity index (χ0) is 14.5. The second kappa shape index (κ2) is 12.9. The van der Waals surface area contributed by atoms with E-state index in [2.05, 4.69) is 13.8 Å². The van der Waals surface area contributed by atoms with Crippen molar-refractivity contribution in [3.05, 3.63) is 0 Å². The number of hydroxylamine groups is 2. The number of unbranched alkanes of at least 4 members (excludes halogenated alkanes) is 4. The zero-order valence-corrected chi connectivity index (χ0v) is 13.0. The first-order valence-electron chi connectivity index (χ1n) is 7.79. The van der Waals surface area contributed by atoms with Crippen LogP contribution in [0.3, 0.4) is 0 Å². The number of aliphatic hydroxyl groups excluding tert-OH is 1. The standard InChI is InChI=1S/C15H33NO3/c1-4-16(18)15(17)11-13-19-12-9-7-5-6-8-10-14(2)3/h14-15,17-18H,4-13H2,1-3H3. The van der Waals surface area contributed by atoms with Crippen LogP contribution in [0.2, 0.25) is 0 Å². The molecule has 0 rings (SSSR count). The van der Waals surface area contributed by atoms with Gasteiger partial charge in [-0.3, -0.25) is 0 Å². The minimum Gasteiger partial charge on any atom is -0.381 e. The van der Waals surface area contributed by atoms with Gasteiger partial charge >= 0.3 is 0 Å². The molecule has 0 aliphatic heterocycles. The van der Waals surface area contributed by atoms with E-state index in [1.54, 1.807) is 6.92 Å². The molecule has 0 fully saturated rings. The third-order valence-electron chi connectivity index (χ3n) is 3.26. The van der Waals surface area contributed by atoms with Crippen LogP contribution in [0.1, 0.15) is 65.7 Å². The van der Waals surface area contributed by atoms with E-state index in [0.29, 0.717) is 19.6 Å². The van der Waals surface area contributed by atoms with E-state index in [1.807, 2.05) is 0 Å². The molecule has 0 bridgehead atoms. The van der Waals surface area contributed by atoms with Gasteiger partial charge in [-0.2, -0.15) is 5.06 Å². The third kappa shape index (κ3) is 12.6. The minimum atomic E-state index is -0.805. The minimum absolute atomic E-state index is 0.428. The van der Waals surface area contributed by atoms with Crippen molar-refractivity contribution in [3.8, 4) is 0 Å². The highest BCUT2D eigenvalue weighted by Crippen LogP contribution is 2.10. The van der Waals surface area contributed by atoms with Crippen molar-refractivity contribution in [1.29, 1.82) is 0 Å². The molecule has 2 N–H and O–H groups in total. The maximum Gasteiger partial charge on any atom is 0.131 e. The first-order valence-corrected chi connectivity index (χ1v) is 7.79. The van der Waals surface area contributed by atoms with Crippen molar-refractivity contribution in [1.82, 2.24) is 5.06 Å². The SMILES string of the molecule is CCN(O)C(O)CCOCCCCCCCC(C)C. The van der Waals surface area contributed by atoms with Crippen molar-refractivity contribution in [2.45, 2.75) is 71.9 Å². The lowest BCUT2D eigenvalue weighted by molar-refractivity contribution is -0.198. The molecular formula is C15H33NO3. The van der Waals surface area contributed by atoms with Gasteiger partial charge in [0.2, 0.25) is 0 Å². The average molecular weight is 275 g/mol. The Balaban J connectivity index is 3.15. The molecule has 0 spiro atoms. The van der Waals surface area contributed by atoms with Crippen molar-refractivity contribution in [2.24, 2.45) is 5.92 Å². The number of hydrogen-bond acceptors (Lipinski definition) is 4. The van der Waals surface area contributed by atoms with Gasteiger partial charge in [0.25, 0.3) is 0 Å². The molecule has 0 aliphatic carbocycles. The summed E-state index contributed by atoms with van der Waals surface area (Å²) < 4.78 is 5.45. The summed E-state index contributed by atoms with van der Waals surface area (Å²) in [4.78, 5) is 0. The largest absolute Gasteiger partial charge is 0.381 e. The molecule has 19 heavy (non-hydrogen) atoms. The van der Waals surface area contributed by atoms with Crippen LogP contribution >= 0.6 is 0 Å². The molecule has 0 aromatic rings. The van der Waals surface area contributed by atoms with Crippen LogP contribution < -0.4 is 0 Å². The summed E-state index contributed by atoms with van der Waals surface area (Å²) in [6, 6.07) is 0. The maximum atomic E-state index is 9.46. The summed E-state index contributed by atoms with van der Waals surface area (Å²) in [5.41, 5.74) is 0. The van der Waals surface area contributed by atoms with E-state index in [1.165, 1.54) is 32.1 Å². The molecular weight excluding hydrogens is 242 g/mol. The number of aliphatic hydroxyl groups is 1. The van der Waals surface area contributed by atoms with E-state index in [-0.39, 0.29) is 0 Å². The molecule has 4 nitrogen and oxygen atoms in total. The zero-order valence-electron chi connectivity index (χ0n) is 13.0. The lowest BCUT2D eigenvalue weighted by atomic mass is 10.0. The Bertz CT molecular complexity index is 188. The second-order valence-electron chi connectivity index (χ2n) is 5.59. The Morgan fingerprint density at radius 2 is 1.58 bits per heavy atom. The summed E-state index contributed by atoms with van der Waals surface area (Å²) in [6.45, 7) is 8.03. The van der Waals surface area contributed by atoms with Gasteiger partial charge in [-0.25, -0.2) is 0 Å². The monoisotopic (exact) mass is 275 g/mol. The molecule has 1 atom stereocenters. The van der Waals surface area contributed by atoms with Crippen LogP contribution in [0.25, 0.3) is 0 Å². The Morgan fingerprint density at radius 3 is 2.21 bits per heavy atom. The Labute approximate surface area is 118 Å². The molecule has 0 radical (unpaired) electrons. The normalized spacial score (nSPS) is 13.4. The molecule has 0 amide bonds. The fraction of sp³-hybridized carbons (Fsp3) is 1.00. The van der Waals surface area contributed by atoms with Crippen LogP contribution in [0.15, 0.2) is 0 Å². The Morgan fingerprint density at radius 1 is 0.947 bits per heavy atom. The molecule has 4 heteroatoms. The van der Waals surface area contributed by atoms with Crippen LogP contribution in [-0.2, 0) is 4.74 Å². The molecule has 116 valence electrons. The molecule has 0 aromatic carbocycles. The van der Waals surface area contributed by atoms with Crippen molar-refractivity contribution >= 4 is 0 Å². The fourth-order valence-corrected chi connectivity index (χ4v) is 1.94. The van der Waals surface area contributed by atoms with Gasteiger partial charge in [0.1, 0.15) is 6.23 Å². The van der Waals surface area contributed by atoms with Crippen LogP contribution in [0.4, 0.5) is 0 Å². The smallest absolute Gasteiger partial charge is 0.131 e. The molecule has 0 saturated heterocycles. The summed E-state index contributed by atoms with van der Waals surface area (Å²) in [5, 5.41) is 19.6. The lowest BCUT2D eigenvalue weighted by Gasteiger charge is -2.19. The molecule has 0 aliphatic rings. The van der Waals surface area contributed by atoms with Gasteiger partial charge in [-0.15, -0.1) is 0 Å². The number of ether oxygens (including phenoxy) is 1. The third-order valence-corrected chi connectivity index (χ3v) is 3.26. The van der Waals surface area contributed by atoms with E-state index in [9.17, 15) is 10.3 Å². The van der Waals surface area contributed by atoms with Gasteiger partial charge < -0.3 is 15.1 Å². The van der Waals surface area contributed by atoms with Gasteiger partial charge in [0, 0.05) is 19.6 Å². The maximum absolute atomic E-state index is 9.46. The first kappa shape index (κ1) is 18.8. The van der Waals surface area contributed by atoms with Crippen molar-refractivity contribution in [3.63, 3.8) is 0 Å². The lowest BCUT2D eigenvalue weighted by Crippen LogP contribution is -2.32.